The molecule has 1 rings (SSSR count). The molecular weight excluding hydrogens is 287 g/mol. The molecule has 19 heavy (non-hydrogen) atoms. The van der Waals surface area contributed by atoms with E-state index in [4.69, 9.17) is 16.7 Å². The van der Waals surface area contributed by atoms with E-state index in [1.54, 1.807) is 5.32 Å². The van der Waals surface area contributed by atoms with Crippen molar-refractivity contribution < 1.29 is 27.9 Å². The van der Waals surface area contributed by atoms with Crippen LogP contribution in [-0.2, 0) is 9.59 Å². The van der Waals surface area contributed by atoms with E-state index in [1.807, 2.05) is 0 Å². The normalized spacial score (nSPS) is 12.8. The molecule has 1 amide bonds. The number of halogens is 4. The molecule has 0 saturated heterocycles. The molecule has 0 unspecified atom stereocenters. The second kappa shape index (κ2) is 5.92. The molecule has 1 atom stereocenters. The third-order valence-electron chi connectivity index (χ3n) is 2.21. The first-order valence-electron chi connectivity index (χ1n) is 5.05. The van der Waals surface area contributed by atoms with Gasteiger partial charge in [-0.1, -0.05) is 23.7 Å². The third-order valence-corrected chi connectivity index (χ3v) is 2.47. The van der Waals surface area contributed by atoms with E-state index >= 15 is 0 Å². The number of amides is 1. The van der Waals surface area contributed by atoms with E-state index in [0.717, 1.165) is 0 Å². The van der Waals surface area contributed by atoms with Crippen LogP contribution in [0.3, 0.4) is 0 Å². The van der Waals surface area contributed by atoms with Crippen LogP contribution in [0.1, 0.15) is 18.0 Å². The molecule has 0 spiro atoms. The lowest BCUT2D eigenvalue weighted by Gasteiger charge is -2.18. The van der Waals surface area contributed by atoms with Crippen LogP contribution in [-0.4, -0.2) is 23.2 Å². The number of nitrogens with one attached hydrogen (secondary N) is 1. The first-order chi connectivity index (χ1) is 8.70. The van der Waals surface area contributed by atoms with Crippen molar-refractivity contribution in [1.82, 2.24) is 5.32 Å². The second-order valence-corrected chi connectivity index (χ2v) is 4.11. The number of carbonyl (C=O) groups is 2. The number of hydrogen-bond acceptors (Lipinski definition) is 2. The van der Waals surface area contributed by atoms with Crippen molar-refractivity contribution in [2.45, 2.75) is 18.6 Å². The van der Waals surface area contributed by atoms with E-state index in [9.17, 15) is 22.8 Å². The number of alkyl halides is 3. The Hall–Kier alpha value is -1.76. The van der Waals surface area contributed by atoms with Crippen molar-refractivity contribution in [3.63, 3.8) is 0 Å². The maximum Gasteiger partial charge on any atom is 0.471 e. The zero-order valence-corrected chi connectivity index (χ0v) is 10.1. The SMILES string of the molecule is O=C(O)C[C@H](NC(=O)C(F)(F)F)c1ccc(Cl)cc1. The molecule has 0 aliphatic rings. The standard InChI is InChI=1S/C11H9ClF3NO3/c12-7-3-1-6(2-4-7)8(5-9(17)18)16-10(19)11(13,14)15/h1-4,8H,5H2,(H,16,19)(H,17,18)/t8-/m0/s1. The molecule has 0 fully saturated rings. The molecule has 1 aromatic carbocycles. The molecule has 0 saturated carbocycles. The summed E-state index contributed by atoms with van der Waals surface area (Å²) in [4.78, 5) is 21.5. The fraction of sp³-hybridized carbons (Fsp3) is 0.273. The summed E-state index contributed by atoms with van der Waals surface area (Å²) in [6.45, 7) is 0. The maximum atomic E-state index is 12.1. The topological polar surface area (TPSA) is 66.4 Å². The van der Waals surface area contributed by atoms with Crippen LogP contribution >= 0.6 is 11.6 Å². The first kappa shape index (κ1) is 15.3. The van der Waals surface area contributed by atoms with E-state index in [2.05, 4.69) is 0 Å². The number of aliphatic carboxylic acids is 1. The fourth-order valence-electron chi connectivity index (χ4n) is 1.36. The zero-order chi connectivity index (χ0) is 14.6. The van der Waals surface area contributed by atoms with Gasteiger partial charge in [-0.05, 0) is 17.7 Å². The number of hydrogen-bond donors (Lipinski definition) is 2. The van der Waals surface area contributed by atoms with E-state index in [1.165, 1.54) is 24.3 Å². The van der Waals surface area contributed by atoms with Crippen molar-refractivity contribution >= 4 is 23.5 Å². The van der Waals surface area contributed by atoms with Crippen LogP contribution in [0.4, 0.5) is 13.2 Å². The molecule has 0 radical (unpaired) electrons. The summed E-state index contributed by atoms with van der Waals surface area (Å²) in [5, 5.41) is 10.6. The van der Waals surface area contributed by atoms with Gasteiger partial charge in [0.1, 0.15) is 0 Å². The Kier molecular flexibility index (Phi) is 4.77. The number of rotatable bonds is 4. The van der Waals surface area contributed by atoms with Crippen LogP contribution in [0.15, 0.2) is 24.3 Å². The van der Waals surface area contributed by atoms with Crippen LogP contribution in [0, 0.1) is 0 Å². The van der Waals surface area contributed by atoms with Gasteiger partial charge in [0.2, 0.25) is 0 Å². The summed E-state index contributed by atoms with van der Waals surface area (Å²) in [7, 11) is 0. The highest BCUT2D eigenvalue weighted by Gasteiger charge is 2.40. The van der Waals surface area contributed by atoms with Crippen LogP contribution in [0.5, 0.6) is 0 Å². The van der Waals surface area contributed by atoms with E-state index in [-0.39, 0.29) is 5.56 Å². The molecule has 8 heteroatoms. The molecule has 2 N–H and O–H groups in total. The maximum absolute atomic E-state index is 12.1. The van der Waals surface area contributed by atoms with Gasteiger partial charge in [-0.3, -0.25) is 9.59 Å². The molecule has 0 bridgehead atoms. The Morgan fingerprint density at radius 1 is 1.26 bits per heavy atom. The van der Waals surface area contributed by atoms with Gasteiger partial charge in [0.25, 0.3) is 0 Å². The predicted octanol–water partition coefficient (Wildman–Crippen LogP) is 2.53. The van der Waals surface area contributed by atoms with Crippen molar-refractivity contribution in [3.05, 3.63) is 34.9 Å². The van der Waals surface area contributed by atoms with Gasteiger partial charge in [0, 0.05) is 5.02 Å². The summed E-state index contributed by atoms with van der Waals surface area (Å²) in [5.74, 6) is -3.52. The minimum Gasteiger partial charge on any atom is -0.481 e. The Balaban J connectivity index is 2.92. The van der Waals surface area contributed by atoms with Crippen LogP contribution in [0.25, 0.3) is 0 Å². The number of carboxylic acids is 1. The van der Waals surface area contributed by atoms with E-state index in [0.29, 0.717) is 5.02 Å². The van der Waals surface area contributed by atoms with Gasteiger partial charge in [-0.15, -0.1) is 0 Å². The van der Waals surface area contributed by atoms with Gasteiger partial charge in [0.05, 0.1) is 12.5 Å². The van der Waals surface area contributed by atoms with Crippen molar-refractivity contribution in [1.29, 1.82) is 0 Å². The highest BCUT2D eigenvalue weighted by molar-refractivity contribution is 6.30. The number of carbonyl (C=O) groups excluding carboxylic acids is 1. The quantitative estimate of drug-likeness (QED) is 0.897. The number of carboxylic acid groups (broad SMARTS) is 1. The molecule has 0 aromatic heterocycles. The average molecular weight is 296 g/mol. The van der Waals surface area contributed by atoms with Crippen molar-refractivity contribution in [2.75, 3.05) is 0 Å². The highest BCUT2D eigenvalue weighted by atomic mass is 35.5. The Morgan fingerprint density at radius 2 is 1.79 bits per heavy atom. The molecule has 0 aliphatic carbocycles. The minimum absolute atomic E-state index is 0.226. The van der Waals surface area contributed by atoms with Crippen molar-refractivity contribution in [2.24, 2.45) is 0 Å². The Bertz CT molecular complexity index is 473. The molecule has 0 aliphatic heterocycles. The summed E-state index contributed by atoms with van der Waals surface area (Å²) in [6.07, 6.45) is -5.73. The van der Waals surface area contributed by atoms with Gasteiger partial charge >= 0.3 is 18.1 Å². The van der Waals surface area contributed by atoms with Crippen molar-refractivity contribution in [3.8, 4) is 0 Å². The summed E-state index contributed by atoms with van der Waals surface area (Å²) < 4.78 is 36.4. The monoisotopic (exact) mass is 295 g/mol. The predicted molar refractivity (Wildman–Crippen MR) is 60.6 cm³/mol. The first-order valence-corrected chi connectivity index (χ1v) is 5.43. The Labute approximate surface area is 111 Å². The zero-order valence-electron chi connectivity index (χ0n) is 9.37. The second-order valence-electron chi connectivity index (χ2n) is 3.67. The van der Waals surface area contributed by atoms with E-state index < -0.39 is 30.5 Å². The lowest BCUT2D eigenvalue weighted by Crippen LogP contribution is -2.39. The fourth-order valence-corrected chi connectivity index (χ4v) is 1.49. The minimum atomic E-state index is -5.07. The van der Waals surface area contributed by atoms with Crippen LogP contribution < -0.4 is 5.32 Å². The van der Waals surface area contributed by atoms with Gasteiger partial charge in [-0.2, -0.15) is 13.2 Å². The van der Waals surface area contributed by atoms with Gasteiger partial charge in [-0.25, -0.2) is 0 Å². The van der Waals surface area contributed by atoms with Crippen LogP contribution in [0.2, 0.25) is 5.02 Å². The summed E-state index contributed by atoms with van der Waals surface area (Å²) >= 11 is 5.62. The largest absolute Gasteiger partial charge is 0.481 e. The lowest BCUT2D eigenvalue weighted by molar-refractivity contribution is -0.174. The number of benzene rings is 1. The summed E-state index contributed by atoms with van der Waals surface area (Å²) in [5.41, 5.74) is 0.226. The average Bonchev–Trinajstić information content (AvgIpc) is 2.27. The van der Waals surface area contributed by atoms with Gasteiger partial charge < -0.3 is 10.4 Å². The smallest absolute Gasteiger partial charge is 0.471 e. The molecule has 104 valence electrons. The lowest BCUT2D eigenvalue weighted by atomic mass is 10.0. The molecule has 4 nitrogen and oxygen atoms in total. The molecule has 1 aromatic rings. The highest BCUT2D eigenvalue weighted by Crippen LogP contribution is 2.22. The Morgan fingerprint density at radius 3 is 2.21 bits per heavy atom. The molecular formula is C11H9ClF3NO3. The van der Waals surface area contributed by atoms with Gasteiger partial charge in [0.15, 0.2) is 0 Å². The third kappa shape index (κ3) is 4.78. The molecule has 0 heterocycles. The summed E-state index contributed by atoms with van der Waals surface area (Å²) in [6, 6.07) is 4.22.